The third-order valence-electron chi connectivity index (χ3n) is 7.06. The topological polar surface area (TPSA) is 95.9 Å². The second kappa shape index (κ2) is 10.6. The molecule has 0 aliphatic carbocycles. The van der Waals surface area contributed by atoms with Gasteiger partial charge in [0.05, 0.1) is 18.3 Å². The predicted molar refractivity (Wildman–Crippen MR) is 139 cm³/mol. The summed E-state index contributed by atoms with van der Waals surface area (Å²) in [6.45, 7) is 9.97. The van der Waals surface area contributed by atoms with Gasteiger partial charge >= 0.3 is 5.97 Å². The Hall–Kier alpha value is -2.90. The molecule has 0 radical (unpaired) electrons. The van der Waals surface area contributed by atoms with Gasteiger partial charge in [-0.1, -0.05) is 57.5 Å². The average molecular weight is 515 g/mol. The number of amides is 2. The first-order valence-electron chi connectivity index (χ1n) is 12.1. The average Bonchev–Trinajstić information content (AvgIpc) is 2.82. The third-order valence-corrected chi connectivity index (χ3v) is 7.39. The number of benzene rings is 2. The Bertz CT molecular complexity index is 1160. The molecule has 1 saturated heterocycles. The lowest BCUT2D eigenvalue weighted by Crippen LogP contribution is -2.60. The number of nitrogens with zero attached hydrogens (tertiary/aromatic N) is 1. The van der Waals surface area contributed by atoms with Gasteiger partial charge < -0.3 is 20.1 Å². The van der Waals surface area contributed by atoms with E-state index in [0.29, 0.717) is 30.1 Å². The summed E-state index contributed by atoms with van der Waals surface area (Å²) in [6.07, 6.45) is 0.314. The SMILES string of the molecule is COC(=O)c1cc(C)cc(C(=O)N[C@@H](C(=O)N2CC[C@@](O)(c3ccccc3Cl)C(C)(C)C2)C(C)C)c1. The van der Waals surface area contributed by atoms with Gasteiger partial charge in [-0.3, -0.25) is 9.59 Å². The lowest BCUT2D eigenvalue weighted by Gasteiger charge is -2.51. The minimum absolute atomic E-state index is 0.182. The van der Waals surface area contributed by atoms with E-state index >= 15 is 0 Å². The van der Waals surface area contributed by atoms with E-state index in [4.69, 9.17) is 16.3 Å². The maximum atomic E-state index is 13.6. The van der Waals surface area contributed by atoms with Crippen LogP contribution in [-0.4, -0.2) is 54.0 Å². The molecule has 7 nitrogen and oxygen atoms in total. The van der Waals surface area contributed by atoms with Gasteiger partial charge in [-0.05, 0) is 49.1 Å². The lowest BCUT2D eigenvalue weighted by atomic mass is 9.66. The van der Waals surface area contributed by atoms with E-state index in [9.17, 15) is 19.5 Å². The van der Waals surface area contributed by atoms with Crippen LogP contribution in [0.15, 0.2) is 42.5 Å². The van der Waals surface area contributed by atoms with E-state index in [-0.39, 0.29) is 23.0 Å². The number of aliphatic hydroxyl groups is 1. The van der Waals surface area contributed by atoms with Crippen LogP contribution < -0.4 is 5.32 Å². The van der Waals surface area contributed by atoms with Crippen LogP contribution in [0.1, 0.15) is 66.0 Å². The van der Waals surface area contributed by atoms with Crippen LogP contribution in [0.5, 0.6) is 0 Å². The number of esters is 1. The Balaban J connectivity index is 1.81. The Morgan fingerprint density at radius 1 is 1.11 bits per heavy atom. The summed E-state index contributed by atoms with van der Waals surface area (Å²) in [4.78, 5) is 40.4. The number of ether oxygens (including phenoxy) is 1. The predicted octanol–water partition coefficient (Wildman–Crippen LogP) is 4.34. The highest BCUT2D eigenvalue weighted by molar-refractivity contribution is 6.31. The molecule has 2 atom stereocenters. The molecule has 1 heterocycles. The molecule has 2 aromatic rings. The quantitative estimate of drug-likeness (QED) is 0.559. The molecule has 1 aliphatic rings. The molecule has 36 heavy (non-hydrogen) atoms. The molecule has 0 unspecified atom stereocenters. The van der Waals surface area contributed by atoms with Gasteiger partial charge in [-0.15, -0.1) is 0 Å². The second-order valence-electron chi connectivity index (χ2n) is 10.5. The van der Waals surface area contributed by atoms with E-state index in [1.54, 1.807) is 30.0 Å². The third kappa shape index (κ3) is 5.42. The number of halogens is 1. The van der Waals surface area contributed by atoms with E-state index in [1.807, 2.05) is 45.9 Å². The number of carbonyl (C=O) groups excluding carboxylic acids is 3. The minimum Gasteiger partial charge on any atom is -0.465 e. The fourth-order valence-corrected chi connectivity index (χ4v) is 5.18. The number of hydrogen-bond donors (Lipinski definition) is 2. The van der Waals surface area contributed by atoms with Crippen molar-refractivity contribution in [1.29, 1.82) is 0 Å². The molecular weight excluding hydrogens is 480 g/mol. The van der Waals surface area contributed by atoms with Crippen LogP contribution in [-0.2, 0) is 15.1 Å². The largest absolute Gasteiger partial charge is 0.465 e. The Kier molecular flexibility index (Phi) is 8.16. The zero-order valence-electron chi connectivity index (χ0n) is 21.7. The summed E-state index contributed by atoms with van der Waals surface area (Å²) < 4.78 is 4.78. The fourth-order valence-electron chi connectivity index (χ4n) is 4.89. The van der Waals surface area contributed by atoms with Crippen molar-refractivity contribution >= 4 is 29.4 Å². The molecule has 8 heteroatoms. The Labute approximate surface area is 217 Å². The van der Waals surface area contributed by atoms with Crippen LogP contribution in [0, 0.1) is 18.3 Å². The number of rotatable bonds is 6. The van der Waals surface area contributed by atoms with Crippen molar-refractivity contribution in [2.45, 2.75) is 52.7 Å². The summed E-state index contributed by atoms with van der Waals surface area (Å²) in [5.74, 6) is -1.38. The number of methoxy groups -OCH3 is 1. The molecule has 3 rings (SSSR count). The number of piperidine rings is 1. The van der Waals surface area contributed by atoms with Crippen LogP contribution in [0.25, 0.3) is 0 Å². The maximum absolute atomic E-state index is 13.6. The molecule has 1 aliphatic heterocycles. The molecule has 2 N–H and O–H groups in total. The standard InChI is InChI=1S/C28H35ClN2O5/c1-17(2)23(30-24(32)19-13-18(3)14-20(15-19)26(34)36-6)25(33)31-12-11-28(35,27(4,5)16-31)21-9-7-8-10-22(21)29/h7-10,13-15,17,23,35H,11-12,16H2,1-6H3,(H,30,32)/t23-,28-/m1/s1. The fraction of sp³-hybridized carbons (Fsp3) is 0.464. The number of carbonyl (C=O) groups is 3. The zero-order chi connectivity index (χ0) is 26.8. The molecule has 2 aromatic carbocycles. The van der Waals surface area contributed by atoms with Crippen molar-refractivity contribution in [3.05, 3.63) is 69.7 Å². The highest BCUT2D eigenvalue weighted by atomic mass is 35.5. The van der Waals surface area contributed by atoms with Crippen LogP contribution in [0.4, 0.5) is 0 Å². The number of nitrogens with one attached hydrogen (secondary N) is 1. The van der Waals surface area contributed by atoms with Crippen LogP contribution >= 0.6 is 11.6 Å². The minimum atomic E-state index is -1.20. The number of hydrogen-bond acceptors (Lipinski definition) is 5. The summed E-state index contributed by atoms with van der Waals surface area (Å²) in [5, 5.41) is 15.0. The first-order valence-corrected chi connectivity index (χ1v) is 12.5. The van der Waals surface area contributed by atoms with E-state index < -0.39 is 28.9 Å². The molecule has 0 saturated carbocycles. The molecule has 0 bridgehead atoms. The van der Waals surface area contributed by atoms with Gasteiger partial charge in [-0.2, -0.15) is 0 Å². The summed E-state index contributed by atoms with van der Waals surface area (Å²) >= 11 is 6.41. The first kappa shape index (κ1) is 27.7. The molecule has 194 valence electrons. The van der Waals surface area contributed by atoms with Gasteiger partial charge in [0.25, 0.3) is 5.91 Å². The second-order valence-corrected chi connectivity index (χ2v) is 10.9. The van der Waals surface area contributed by atoms with Crippen molar-refractivity contribution in [3.63, 3.8) is 0 Å². The van der Waals surface area contributed by atoms with Gasteiger partial charge in [0, 0.05) is 34.7 Å². The van der Waals surface area contributed by atoms with Crippen LogP contribution in [0.2, 0.25) is 5.02 Å². The zero-order valence-corrected chi connectivity index (χ0v) is 22.5. The van der Waals surface area contributed by atoms with Crippen molar-refractivity contribution in [2.24, 2.45) is 11.3 Å². The van der Waals surface area contributed by atoms with Crippen molar-refractivity contribution in [1.82, 2.24) is 10.2 Å². The van der Waals surface area contributed by atoms with Gasteiger partial charge in [-0.25, -0.2) is 4.79 Å². The molecule has 2 amide bonds. The Morgan fingerprint density at radius 2 is 1.75 bits per heavy atom. The van der Waals surface area contributed by atoms with Crippen molar-refractivity contribution in [2.75, 3.05) is 20.2 Å². The number of likely N-dealkylation sites (tertiary alicyclic amines) is 1. The maximum Gasteiger partial charge on any atom is 0.337 e. The number of aryl methyl sites for hydroxylation is 1. The normalized spacial score (nSPS) is 20.1. The summed E-state index contributed by atoms with van der Waals surface area (Å²) in [5.41, 5.74) is 0.0339. The molecular formula is C28H35ClN2O5. The van der Waals surface area contributed by atoms with Crippen molar-refractivity contribution in [3.8, 4) is 0 Å². The highest BCUT2D eigenvalue weighted by Gasteiger charge is 2.51. The van der Waals surface area contributed by atoms with Gasteiger partial charge in [0.2, 0.25) is 5.91 Å². The highest BCUT2D eigenvalue weighted by Crippen LogP contribution is 2.48. The molecule has 0 aromatic heterocycles. The van der Waals surface area contributed by atoms with Gasteiger partial charge in [0.1, 0.15) is 6.04 Å². The van der Waals surface area contributed by atoms with Crippen molar-refractivity contribution < 1.29 is 24.2 Å². The van der Waals surface area contributed by atoms with Crippen LogP contribution in [0.3, 0.4) is 0 Å². The summed E-state index contributed by atoms with van der Waals surface area (Å²) in [7, 11) is 1.28. The molecule has 0 spiro atoms. The smallest absolute Gasteiger partial charge is 0.337 e. The van der Waals surface area contributed by atoms with E-state index in [2.05, 4.69) is 5.32 Å². The van der Waals surface area contributed by atoms with E-state index in [0.717, 1.165) is 5.56 Å². The van der Waals surface area contributed by atoms with Gasteiger partial charge in [0.15, 0.2) is 0 Å². The monoisotopic (exact) mass is 514 g/mol. The first-order chi connectivity index (χ1) is 16.8. The summed E-state index contributed by atoms with van der Waals surface area (Å²) in [6, 6.07) is 11.2. The van der Waals surface area contributed by atoms with E-state index in [1.165, 1.54) is 13.2 Å². The Morgan fingerprint density at radius 3 is 2.33 bits per heavy atom. The molecule has 1 fully saturated rings. The lowest BCUT2D eigenvalue weighted by molar-refractivity contribution is -0.155.